The van der Waals surface area contributed by atoms with Gasteiger partial charge < -0.3 is 45.1 Å². The van der Waals surface area contributed by atoms with E-state index in [0.29, 0.717) is 12.8 Å². The minimum atomic E-state index is -1.62. The molecule has 11 nitrogen and oxygen atoms in total. The molecule has 6 N–H and O–H groups in total. The summed E-state index contributed by atoms with van der Waals surface area (Å²) in [5.74, 6) is -1.24. The van der Waals surface area contributed by atoms with E-state index in [9.17, 15) is 35.1 Å². The maximum atomic E-state index is 13.4. The van der Waals surface area contributed by atoms with Crippen molar-refractivity contribution in [3.05, 3.63) is 85.1 Å². The van der Waals surface area contributed by atoms with Crippen molar-refractivity contribution in [2.24, 2.45) is 0 Å². The lowest BCUT2D eigenvalue weighted by Crippen LogP contribution is -2.61. The second-order valence-corrected chi connectivity index (χ2v) is 21.1. The normalized spacial score (nSPS) is 19.7. The number of allylic oxidation sites excluding steroid dienone is 13. The molecule has 0 aliphatic carbocycles. The first-order valence-corrected chi connectivity index (χ1v) is 30.9. The van der Waals surface area contributed by atoms with E-state index < -0.39 is 67.4 Å². The Bertz CT molecular complexity index is 1560. The first-order valence-electron chi connectivity index (χ1n) is 30.9. The van der Waals surface area contributed by atoms with E-state index in [0.717, 1.165) is 70.6 Å². The number of carbonyl (C=O) groups is 2. The van der Waals surface area contributed by atoms with E-state index in [4.69, 9.17) is 14.2 Å². The van der Waals surface area contributed by atoms with Crippen molar-refractivity contribution in [3.63, 3.8) is 0 Å². The molecule has 0 radical (unpaired) electrons. The fourth-order valence-electron chi connectivity index (χ4n) is 9.22. The summed E-state index contributed by atoms with van der Waals surface area (Å²) in [6.07, 6.45) is 57.8. The Kier molecular flexibility index (Phi) is 49.0. The van der Waals surface area contributed by atoms with Gasteiger partial charge in [0, 0.05) is 6.42 Å². The van der Waals surface area contributed by atoms with Gasteiger partial charge in [0.1, 0.15) is 24.4 Å². The molecule has 1 fully saturated rings. The number of nitrogens with one attached hydrogen (secondary N) is 1. The third kappa shape index (κ3) is 40.1. The molecular formula is C65H113NO10. The maximum absolute atomic E-state index is 13.4. The zero-order chi connectivity index (χ0) is 55.4. The number of ether oxygens (including phenoxy) is 3. The molecule has 8 atom stereocenters. The van der Waals surface area contributed by atoms with Gasteiger partial charge in [-0.05, 0) is 77.0 Å². The molecule has 0 saturated carbocycles. The quantitative estimate of drug-likeness (QED) is 0.0149. The zero-order valence-corrected chi connectivity index (χ0v) is 48.3. The topological polar surface area (TPSA) is 175 Å². The Hall–Kier alpha value is -3.16. The lowest BCUT2D eigenvalue weighted by atomic mass is 9.99. The fourth-order valence-corrected chi connectivity index (χ4v) is 9.22. The van der Waals surface area contributed by atoms with Gasteiger partial charge in [-0.2, -0.15) is 0 Å². The monoisotopic (exact) mass is 1070 g/mol. The van der Waals surface area contributed by atoms with Crippen LogP contribution in [0.5, 0.6) is 0 Å². The second-order valence-electron chi connectivity index (χ2n) is 21.1. The molecule has 0 spiro atoms. The van der Waals surface area contributed by atoms with Gasteiger partial charge >= 0.3 is 5.97 Å². The van der Waals surface area contributed by atoms with Gasteiger partial charge in [-0.25, -0.2) is 0 Å². The standard InChI is InChI=1S/C65H113NO10/c1-4-7-10-13-16-19-22-25-26-27-28-29-30-31-32-33-34-35-38-41-44-47-50-53-60(70)76-63-62(72)61(71)59(54-67)75-65(63)74-55-56(57(68)51-48-45-42-39-36-23-20-17-14-11-8-5-2)66-64(73)58(69)52-49-46-43-40-37-24-21-18-15-12-9-6-3/h9,12,15-16,18-19,21,24-26,37,40,48,51,56-59,61-63,65,67-69,71-72H,4-8,10-11,13-14,17,20,22-23,27-36,38-39,41-47,49-50,52-55H2,1-3H3,(H,66,73)/b12-9+,18-15+,19-16-,24-21-,26-25-,40-37-,51-48+. The number of hydrogen-bond donors (Lipinski definition) is 6. The molecule has 0 aromatic heterocycles. The van der Waals surface area contributed by atoms with Gasteiger partial charge in [0.2, 0.25) is 5.91 Å². The number of carbonyl (C=O) groups excluding carboxylic acids is 2. The number of aliphatic hydroxyl groups excluding tert-OH is 5. The van der Waals surface area contributed by atoms with E-state index in [-0.39, 0.29) is 19.4 Å². The summed E-state index contributed by atoms with van der Waals surface area (Å²) < 4.78 is 17.6. The highest BCUT2D eigenvalue weighted by Crippen LogP contribution is 2.26. The Balaban J connectivity index is 2.63. The first-order chi connectivity index (χ1) is 37.2. The predicted molar refractivity (Wildman–Crippen MR) is 315 cm³/mol. The maximum Gasteiger partial charge on any atom is 0.306 e. The second kappa shape index (κ2) is 52.5. The average Bonchev–Trinajstić information content (AvgIpc) is 3.42. The van der Waals surface area contributed by atoms with E-state index in [1.165, 1.54) is 135 Å². The van der Waals surface area contributed by atoms with Gasteiger partial charge in [-0.1, -0.05) is 254 Å². The fraction of sp³-hybridized carbons (Fsp3) is 0.754. The number of amides is 1. The summed E-state index contributed by atoms with van der Waals surface area (Å²) in [5.41, 5.74) is 0. The van der Waals surface area contributed by atoms with Gasteiger partial charge in [-0.3, -0.25) is 9.59 Å². The molecular weight excluding hydrogens is 955 g/mol. The van der Waals surface area contributed by atoms with Crippen LogP contribution in [0.4, 0.5) is 0 Å². The number of rotatable bonds is 51. The van der Waals surface area contributed by atoms with Crippen LogP contribution in [0, 0.1) is 0 Å². The smallest absolute Gasteiger partial charge is 0.306 e. The molecule has 0 bridgehead atoms. The lowest BCUT2D eigenvalue weighted by molar-refractivity contribution is -0.305. The Labute approximate surface area is 463 Å². The molecule has 8 unspecified atom stereocenters. The number of esters is 1. The highest BCUT2D eigenvalue weighted by molar-refractivity contribution is 5.80. The van der Waals surface area contributed by atoms with Crippen LogP contribution in [-0.4, -0.2) is 99.6 Å². The SMILES string of the molecule is CC/C=C/C=C/C=C\C=C/CCCCC(O)C(=O)NC(COC1OC(CO)C(O)C(O)C1OC(=O)CCCCCCCCCCCCCCC/C=C\C/C=C\CCCCC)C(O)/C=C/CCCCCCCCCCCC. The molecule has 1 rings (SSSR count). The highest BCUT2D eigenvalue weighted by Gasteiger charge is 2.47. The van der Waals surface area contributed by atoms with Gasteiger partial charge in [0.05, 0.1) is 25.4 Å². The summed E-state index contributed by atoms with van der Waals surface area (Å²) in [7, 11) is 0. The molecule has 1 heterocycles. The molecule has 0 aromatic rings. The van der Waals surface area contributed by atoms with Crippen LogP contribution in [-0.2, 0) is 23.8 Å². The van der Waals surface area contributed by atoms with Crippen molar-refractivity contribution in [1.82, 2.24) is 5.32 Å². The van der Waals surface area contributed by atoms with Crippen LogP contribution in [0.3, 0.4) is 0 Å². The third-order valence-electron chi connectivity index (χ3n) is 14.1. The van der Waals surface area contributed by atoms with Crippen LogP contribution in [0.1, 0.15) is 252 Å². The highest BCUT2D eigenvalue weighted by atomic mass is 16.7. The Morgan fingerprint density at radius 1 is 0.539 bits per heavy atom. The minimum Gasteiger partial charge on any atom is -0.454 e. The average molecular weight is 1070 g/mol. The van der Waals surface area contributed by atoms with Crippen LogP contribution >= 0.6 is 0 Å². The van der Waals surface area contributed by atoms with Gasteiger partial charge in [0.25, 0.3) is 0 Å². The Morgan fingerprint density at radius 2 is 1.00 bits per heavy atom. The first kappa shape index (κ1) is 70.9. The molecule has 1 amide bonds. The number of hydrogen-bond acceptors (Lipinski definition) is 10. The predicted octanol–water partition coefficient (Wildman–Crippen LogP) is 14.6. The van der Waals surface area contributed by atoms with Crippen LogP contribution in [0.25, 0.3) is 0 Å². The summed E-state index contributed by atoms with van der Waals surface area (Å²) in [6, 6.07) is -1.05. The molecule has 1 aliphatic rings. The molecule has 76 heavy (non-hydrogen) atoms. The molecule has 438 valence electrons. The van der Waals surface area contributed by atoms with E-state index >= 15 is 0 Å². The zero-order valence-electron chi connectivity index (χ0n) is 48.3. The summed E-state index contributed by atoms with van der Waals surface area (Å²) in [4.78, 5) is 26.5. The van der Waals surface area contributed by atoms with Crippen molar-refractivity contribution in [2.45, 2.75) is 301 Å². The lowest BCUT2D eigenvalue weighted by Gasteiger charge is -2.41. The van der Waals surface area contributed by atoms with Crippen LogP contribution in [0.2, 0.25) is 0 Å². The summed E-state index contributed by atoms with van der Waals surface area (Å²) >= 11 is 0. The summed E-state index contributed by atoms with van der Waals surface area (Å²) in [6.45, 7) is 5.59. The van der Waals surface area contributed by atoms with Crippen molar-refractivity contribution >= 4 is 11.9 Å². The minimum absolute atomic E-state index is 0.115. The van der Waals surface area contributed by atoms with E-state index in [1.54, 1.807) is 6.08 Å². The molecule has 1 saturated heterocycles. The largest absolute Gasteiger partial charge is 0.454 e. The summed E-state index contributed by atoms with van der Waals surface area (Å²) in [5, 5.41) is 56.8. The molecule has 0 aromatic carbocycles. The third-order valence-corrected chi connectivity index (χ3v) is 14.1. The van der Waals surface area contributed by atoms with Crippen LogP contribution < -0.4 is 5.32 Å². The van der Waals surface area contributed by atoms with Crippen molar-refractivity contribution in [2.75, 3.05) is 13.2 Å². The number of unbranched alkanes of at least 4 members (excludes halogenated alkanes) is 28. The van der Waals surface area contributed by atoms with E-state index in [2.05, 4.69) is 56.5 Å². The molecule has 1 aliphatic heterocycles. The molecule has 11 heteroatoms. The van der Waals surface area contributed by atoms with Crippen LogP contribution in [0.15, 0.2) is 85.1 Å². The Morgan fingerprint density at radius 3 is 1.55 bits per heavy atom. The van der Waals surface area contributed by atoms with Crippen molar-refractivity contribution in [3.8, 4) is 0 Å². The number of aliphatic hydroxyl groups is 5. The van der Waals surface area contributed by atoms with Gasteiger partial charge in [-0.15, -0.1) is 0 Å². The van der Waals surface area contributed by atoms with Crippen molar-refractivity contribution < 1.29 is 49.3 Å². The van der Waals surface area contributed by atoms with Crippen molar-refractivity contribution in [1.29, 1.82) is 0 Å². The van der Waals surface area contributed by atoms with E-state index in [1.807, 2.05) is 48.6 Å². The van der Waals surface area contributed by atoms with Gasteiger partial charge in [0.15, 0.2) is 12.4 Å².